The molecule has 33 heavy (non-hydrogen) atoms. The Morgan fingerprint density at radius 2 is 1.94 bits per heavy atom. The number of hydrogen-bond donors (Lipinski definition) is 1. The minimum Gasteiger partial charge on any atom is -0.492 e. The Morgan fingerprint density at radius 3 is 2.70 bits per heavy atom. The number of piperazine rings is 1. The van der Waals surface area contributed by atoms with Gasteiger partial charge in [0.1, 0.15) is 11.3 Å². The van der Waals surface area contributed by atoms with Crippen LogP contribution >= 0.6 is 23.1 Å². The minimum absolute atomic E-state index is 0.132. The number of aromatic nitrogens is 1. The van der Waals surface area contributed by atoms with Crippen molar-refractivity contribution >= 4 is 44.4 Å². The third-order valence-corrected chi connectivity index (χ3v) is 7.78. The lowest BCUT2D eigenvalue weighted by molar-refractivity contribution is -0.120. The molecule has 1 saturated heterocycles. The predicted octanol–water partition coefficient (Wildman–Crippen LogP) is 4.42. The van der Waals surface area contributed by atoms with E-state index < -0.39 is 0 Å². The van der Waals surface area contributed by atoms with Crippen LogP contribution in [0.2, 0.25) is 0 Å². The molecule has 1 fully saturated rings. The molecule has 6 nitrogen and oxygen atoms in total. The number of thiazole rings is 1. The highest BCUT2D eigenvalue weighted by Gasteiger charge is 2.20. The van der Waals surface area contributed by atoms with Crippen LogP contribution < -0.4 is 15.0 Å². The molecule has 8 heteroatoms. The van der Waals surface area contributed by atoms with Crippen molar-refractivity contribution in [3.05, 3.63) is 48.0 Å². The summed E-state index contributed by atoms with van der Waals surface area (Å²) in [5, 5.41) is 4.14. The number of benzene rings is 2. The van der Waals surface area contributed by atoms with E-state index in [4.69, 9.17) is 9.72 Å². The number of rotatable bonds is 10. The van der Waals surface area contributed by atoms with Crippen molar-refractivity contribution in [1.29, 1.82) is 0 Å². The average Bonchev–Trinajstić information content (AvgIpc) is 3.26. The number of amides is 1. The fourth-order valence-corrected chi connectivity index (χ4v) is 5.71. The Morgan fingerprint density at radius 1 is 1.15 bits per heavy atom. The average molecular weight is 485 g/mol. The van der Waals surface area contributed by atoms with Crippen LogP contribution in [0.25, 0.3) is 10.2 Å². The van der Waals surface area contributed by atoms with E-state index in [2.05, 4.69) is 52.4 Å². The molecular weight excluding hydrogens is 452 g/mol. The number of aryl methyl sites for hydroxylation is 1. The second kappa shape index (κ2) is 11.7. The largest absolute Gasteiger partial charge is 0.492 e. The highest BCUT2D eigenvalue weighted by Crippen LogP contribution is 2.34. The van der Waals surface area contributed by atoms with Crippen molar-refractivity contribution in [1.82, 2.24) is 15.2 Å². The molecule has 1 amide bonds. The lowest BCUT2D eigenvalue weighted by Crippen LogP contribution is -2.48. The summed E-state index contributed by atoms with van der Waals surface area (Å²) in [6, 6.07) is 14.6. The van der Waals surface area contributed by atoms with E-state index >= 15 is 0 Å². The van der Waals surface area contributed by atoms with Crippen LogP contribution in [0.1, 0.15) is 18.9 Å². The second-order valence-corrected chi connectivity index (χ2v) is 10.3. The summed E-state index contributed by atoms with van der Waals surface area (Å²) < 4.78 is 6.90. The molecular formula is C25H32N4O2S2. The summed E-state index contributed by atoms with van der Waals surface area (Å²) in [4.78, 5) is 23.0. The number of ether oxygens (including phenoxy) is 1. The van der Waals surface area contributed by atoms with Crippen molar-refractivity contribution in [3.63, 3.8) is 0 Å². The molecule has 0 atom stereocenters. The Bertz CT molecular complexity index is 1050. The van der Waals surface area contributed by atoms with Gasteiger partial charge in [-0.25, -0.2) is 4.98 Å². The highest BCUT2D eigenvalue weighted by atomic mass is 32.2. The highest BCUT2D eigenvalue weighted by molar-refractivity contribution is 7.99. The number of hydrogen-bond acceptors (Lipinski definition) is 7. The van der Waals surface area contributed by atoms with E-state index in [-0.39, 0.29) is 5.91 Å². The summed E-state index contributed by atoms with van der Waals surface area (Å²) in [6.45, 7) is 10.2. The van der Waals surface area contributed by atoms with Crippen LogP contribution in [0.3, 0.4) is 0 Å². The zero-order valence-corrected chi connectivity index (χ0v) is 21.0. The zero-order valence-electron chi connectivity index (χ0n) is 19.4. The molecule has 2 heterocycles. The van der Waals surface area contributed by atoms with Gasteiger partial charge in [-0.2, -0.15) is 0 Å². The number of carbonyl (C=O) groups excluding carboxylic acids is 1. The molecule has 3 aromatic rings. The minimum atomic E-state index is 0.132. The normalized spacial score (nSPS) is 14.5. The Labute approximate surface area is 204 Å². The van der Waals surface area contributed by atoms with Gasteiger partial charge < -0.3 is 15.0 Å². The third kappa shape index (κ3) is 6.62. The lowest BCUT2D eigenvalue weighted by Gasteiger charge is -2.34. The lowest BCUT2D eigenvalue weighted by atomic mass is 10.2. The smallest absolute Gasteiger partial charge is 0.220 e. The van der Waals surface area contributed by atoms with Crippen molar-refractivity contribution in [3.8, 4) is 5.75 Å². The topological polar surface area (TPSA) is 57.7 Å². The molecule has 0 saturated carbocycles. The van der Waals surface area contributed by atoms with E-state index in [1.807, 2.05) is 19.1 Å². The first kappa shape index (κ1) is 23.9. The number of nitrogens with one attached hydrogen (secondary N) is 1. The van der Waals surface area contributed by atoms with Crippen molar-refractivity contribution < 1.29 is 9.53 Å². The molecule has 1 aliphatic rings. The number of carbonyl (C=O) groups is 1. The SMILES string of the molecule is CCOc1cccc2sc(N3CCN(CCNC(=O)CCSc4ccc(C)cc4)CC3)nc12. The van der Waals surface area contributed by atoms with Crippen LogP contribution in [0.4, 0.5) is 5.13 Å². The van der Waals surface area contributed by atoms with Gasteiger partial charge >= 0.3 is 0 Å². The molecule has 0 radical (unpaired) electrons. The van der Waals surface area contributed by atoms with Crippen LogP contribution in [0.5, 0.6) is 5.75 Å². The number of thioether (sulfide) groups is 1. The van der Waals surface area contributed by atoms with E-state index in [0.717, 1.165) is 54.9 Å². The van der Waals surface area contributed by atoms with Crippen molar-refractivity contribution in [2.75, 3.05) is 56.5 Å². The van der Waals surface area contributed by atoms with Crippen LogP contribution in [0, 0.1) is 6.92 Å². The summed E-state index contributed by atoms with van der Waals surface area (Å²) in [6.07, 6.45) is 0.549. The molecule has 0 spiro atoms. The predicted molar refractivity (Wildman–Crippen MR) is 139 cm³/mol. The standard InChI is InChI=1S/C25H32N4O2S2/c1-3-31-21-5-4-6-22-24(21)27-25(33-22)29-16-14-28(15-17-29)13-12-26-23(30)11-18-32-20-9-7-19(2)8-10-20/h4-10H,3,11-18H2,1-2H3,(H,26,30). The Hall–Kier alpha value is -2.29. The van der Waals surface area contributed by atoms with Gasteiger partial charge in [0.2, 0.25) is 5.91 Å². The summed E-state index contributed by atoms with van der Waals surface area (Å²) in [7, 11) is 0. The quantitative estimate of drug-likeness (QED) is 0.430. The van der Waals surface area contributed by atoms with Crippen LogP contribution in [0.15, 0.2) is 47.4 Å². The first-order valence-corrected chi connectivity index (χ1v) is 13.4. The zero-order chi connectivity index (χ0) is 23.0. The van der Waals surface area contributed by atoms with Crippen molar-refractivity contribution in [2.45, 2.75) is 25.2 Å². The summed E-state index contributed by atoms with van der Waals surface area (Å²) in [5.74, 6) is 1.80. The monoisotopic (exact) mass is 484 g/mol. The number of para-hydroxylation sites is 1. The molecule has 4 rings (SSSR count). The molecule has 0 unspecified atom stereocenters. The van der Waals surface area contributed by atoms with Crippen molar-refractivity contribution in [2.24, 2.45) is 0 Å². The maximum absolute atomic E-state index is 12.2. The maximum Gasteiger partial charge on any atom is 0.220 e. The van der Waals surface area contributed by atoms with Gasteiger partial charge in [0, 0.05) is 56.3 Å². The number of anilines is 1. The first-order valence-electron chi connectivity index (χ1n) is 11.6. The van der Waals surface area contributed by atoms with Gasteiger partial charge in [0.25, 0.3) is 0 Å². The van der Waals surface area contributed by atoms with E-state index in [1.54, 1.807) is 23.1 Å². The summed E-state index contributed by atoms with van der Waals surface area (Å²) >= 11 is 3.46. The third-order valence-electron chi connectivity index (χ3n) is 5.68. The molecule has 176 valence electrons. The van der Waals surface area contributed by atoms with Gasteiger partial charge in [-0.1, -0.05) is 35.1 Å². The number of fused-ring (bicyclic) bond motifs is 1. The molecule has 0 bridgehead atoms. The van der Waals surface area contributed by atoms with Gasteiger partial charge in [0.15, 0.2) is 5.13 Å². The van der Waals surface area contributed by atoms with Gasteiger partial charge in [-0.3, -0.25) is 9.69 Å². The van der Waals surface area contributed by atoms with Crippen LogP contribution in [-0.4, -0.2) is 67.4 Å². The molecule has 1 aromatic heterocycles. The summed E-state index contributed by atoms with van der Waals surface area (Å²) in [5.41, 5.74) is 2.22. The Kier molecular flexibility index (Phi) is 8.47. The second-order valence-electron chi connectivity index (χ2n) is 8.12. The molecule has 1 N–H and O–H groups in total. The molecule has 1 aliphatic heterocycles. The number of nitrogens with zero attached hydrogens (tertiary/aromatic N) is 3. The fraction of sp³-hybridized carbons (Fsp3) is 0.440. The van der Waals surface area contributed by atoms with E-state index in [1.165, 1.54) is 15.2 Å². The Balaban J connectivity index is 1.15. The van der Waals surface area contributed by atoms with E-state index in [9.17, 15) is 4.79 Å². The first-order chi connectivity index (χ1) is 16.1. The van der Waals surface area contributed by atoms with Gasteiger partial charge in [-0.05, 0) is 38.1 Å². The molecule has 0 aliphatic carbocycles. The maximum atomic E-state index is 12.2. The molecule has 2 aromatic carbocycles. The van der Waals surface area contributed by atoms with Gasteiger partial charge in [-0.15, -0.1) is 11.8 Å². The van der Waals surface area contributed by atoms with Crippen LogP contribution in [-0.2, 0) is 4.79 Å². The van der Waals surface area contributed by atoms with Gasteiger partial charge in [0.05, 0.1) is 11.3 Å². The fourth-order valence-electron chi connectivity index (χ4n) is 3.82. The van der Waals surface area contributed by atoms with E-state index in [0.29, 0.717) is 19.6 Å².